The summed E-state index contributed by atoms with van der Waals surface area (Å²) >= 11 is 0. The molecule has 114 valence electrons. The van der Waals surface area contributed by atoms with Crippen molar-refractivity contribution in [2.24, 2.45) is 0 Å². The van der Waals surface area contributed by atoms with Crippen molar-refractivity contribution in [3.05, 3.63) is 59.2 Å². The Morgan fingerprint density at radius 3 is 2.32 bits per heavy atom. The first kappa shape index (κ1) is 15.6. The molecule has 2 aromatic rings. The molecule has 0 saturated heterocycles. The van der Waals surface area contributed by atoms with Crippen LogP contribution in [0, 0.1) is 13.8 Å². The number of para-hydroxylation sites is 2. The molecule has 2 aromatic carbocycles. The molecule has 0 aliphatic heterocycles. The van der Waals surface area contributed by atoms with E-state index >= 15 is 0 Å². The summed E-state index contributed by atoms with van der Waals surface area (Å²) in [6, 6.07) is 12.3. The van der Waals surface area contributed by atoms with Gasteiger partial charge in [-0.2, -0.15) is 0 Å². The number of amides is 1. The molecule has 3 N–H and O–H groups in total. The molecular formula is C17H18N2O3. The lowest BCUT2D eigenvalue weighted by atomic mass is 10.1. The average Bonchev–Trinajstić information content (AvgIpc) is 2.49. The maximum Gasteiger partial charge on any atom is 0.340 e. The first-order valence-corrected chi connectivity index (χ1v) is 6.86. The Morgan fingerprint density at radius 2 is 1.68 bits per heavy atom. The number of carbonyl (C=O) groups is 2. The van der Waals surface area contributed by atoms with Gasteiger partial charge in [0.25, 0.3) is 5.91 Å². The van der Waals surface area contributed by atoms with Crippen LogP contribution >= 0.6 is 0 Å². The molecule has 0 spiro atoms. The highest BCUT2D eigenvalue weighted by atomic mass is 16.5. The standard InChI is InChI=1S/C17H18N2O3/c1-11-6-5-7-12(2)16(11)19-15(20)10-22-17(21)13-8-3-4-9-14(13)18/h3-9H,10,18H2,1-2H3,(H,19,20). The van der Waals surface area contributed by atoms with Crippen molar-refractivity contribution in [1.29, 1.82) is 0 Å². The molecular weight excluding hydrogens is 280 g/mol. The number of rotatable bonds is 4. The van der Waals surface area contributed by atoms with Crippen LogP contribution in [0.2, 0.25) is 0 Å². The van der Waals surface area contributed by atoms with Gasteiger partial charge < -0.3 is 15.8 Å². The number of nitrogens with two attached hydrogens (primary N) is 1. The molecule has 0 heterocycles. The van der Waals surface area contributed by atoms with Crippen LogP contribution in [-0.4, -0.2) is 18.5 Å². The molecule has 5 heteroatoms. The summed E-state index contributed by atoms with van der Waals surface area (Å²) in [5.74, 6) is -1.00. The van der Waals surface area contributed by atoms with Gasteiger partial charge >= 0.3 is 5.97 Å². The van der Waals surface area contributed by atoms with Gasteiger partial charge in [-0.05, 0) is 37.1 Å². The summed E-state index contributed by atoms with van der Waals surface area (Å²) in [4.78, 5) is 23.8. The minimum Gasteiger partial charge on any atom is -0.452 e. The fourth-order valence-electron chi connectivity index (χ4n) is 2.08. The first-order valence-electron chi connectivity index (χ1n) is 6.86. The Kier molecular flexibility index (Phi) is 4.78. The zero-order valence-corrected chi connectivity index (χ0v) is 12.6. The number of nitrogen functional groups attached to an aromatic ring is 1. The van der Waals surface area contributed by atoms with Crippen LogP contribution in [0.3, 0.4) is 0 Å². The number of ether oxygens (including phenoxy) is 1. The van der Waals surface area contributed by atoms with Crippen LogP contribution in [0.5, 0.6) is 0 Å². The molecule has 5 nitrogen and oxygen atoms in total. The van der Waals surface area contributed by atoms with E-state index in [2.05, 4.69) is 5.32 Å². The molecule has 0 saturated carbocycles. The molecule has 0 unspecified atom stereocenters. The van der Waals surface area contributed by atoms with Crippen molar-refractivity contribution in [2.45, 2.75) is 13.8 Å². The number of nitrogens with one attached hydrogen (secondary N) is 1. The van der Waals surface area contributed by atoms with Crippen molar-refractivity contribution in [2.75, 3.05) is 17.7 Å². The highest BCUT2D eigenvalue weighted by Gasteiger charge is 2.13. The van der Waals surface area contributed by atoms with Crippen LogP contribution in [0.15, 0.2) is 42.5 Å². The van der Waals surface area contributed by atoms with Crippen molar-refractivity contribution in [1.82, 2.24) is 0 Å². The fourth-order valence-corrected chi connectivity index (χ4v) is 2.08. The molecule has 0 radical (unpaired) electrons. The van der Waals surface area contributed by atoms with E-state index in [0.29, 0.717) is 5.69 Å². The van der Waals surface area contributed by atoms with Crippen LogP contribution in [0.4, 0.5) is 11.4 Å². The molecule has 0 fully saturated rings. The highest BCUT2D eigenvalue weighted by molar-refractivity contribution is 5.98. The summed E-state index contributed by atoms with van der Waals surface area (Å²) in [5, 5.41) is 2.75. The highest BCUT2D eigenvalue weighted by Crippen LogP contribution is 2.19. The Bertz CT molecular complexity index is 691. The third-order valence-corrected chi connectivity index (χ3v) is 3.26. The maximum absolute atomic E-state index is 11.9. The Balaban J connectivity index is 1.96. The largest absolute Gasteiger partial charge is 0.452 e. The lowest BCUT2D eigenvalue weighted by molar-refractivity contribution is -0.119. The topological polar surface area (TPSA) is 81.4 Å². The third kappa shape index (κ3) is 3.63. The van der Waals surface area contributed by atoms with E-state index < -0.39 is 5.97 Å². The number of esters is 1. The van der Waals surface area contributed by atoms with Crippen LogP contribution in [-0.2, 0) is 9.53 Å². The SMILES string of the molecule is Cc1cccc(C)c1NC(=O)COC(=O)c1ccccc1N. The first-order chi connectivity index (χ1) is 10.5. The molecule has 2 rings (SSSR count). The number of aryl methyl sites for hydroxylation is 2. The molecule has 0 aliphatic rings. The Labute approximate surface area is 129 Å². The third-order valence-electron chi connectivity index (χ3n) is 3.26. The Morgan fingerprint density at radius 1 is 1.05 bits per heavy atom. The fraction of sp³-hybridized carbons (Fsp3) is 0.176. The van der Waals surface area contributed by atoms with Gasteiger partial charge in [0, 0.05) is 11.4 Å². The second-order valence-corrected chi connectivity index (χ2v) is 4.98. The van der Waals surface area contributed by atoms with E-state index in [1.165, 1.54) is 0 Å². The minimum atomic E-state index is -0.616. The van der Waals surface area contributed by atoms with Crippen LogP contribution in [0.25, 0.3) is 0 Å². The predicted octanol–water partition coefficient (Wildman–Crippen LogP) is 2.68. The molecule has 0 aromatic heterocycles. The lowest BCUT2D eigenvalue weighted by Gasteiger charge is -2.12. The van der Waals surface area contributed by atoms with Crippen LogP contribution in [0.1, 0.15) is 21.5 Å². The van der Waals surface area contributed by atoms with Gasteiger partial charge in [-0.1, -0.05) is 30.3 Å². The van der Waals surface area contributed by atoms with E-state index in [1.807, 2.05) is 32.0 Å². The van der Waals surface area contributed by atoms with E-state index in [1.54, 1.807) is 24.3 Å². The maximum atomic E-state index is 11.9. The van der Waals surface area contributed by atoms with Crippen LogP contribution < -0.4 is 11.1 Å². The van der Waals surface area contributed by atoms with Crippen molar-refractivity contribution < 1.29 is 14.3 Å². The van der Waals surface area contributed by atoms with Crippen molar-refractivity contribution >= 4 is 23.3 Å². The van der Waals surface area contributed by atoms with E-state index in [9.17, 15) is 9.59 Å². The monoisotopic (exact) mass is 298 g/mol. The van der Waals surface area contributed by atoms with Gasteiger partial charge in [-0.15, -0.1) is 0 Å². The average molecular weight is 298 g/mol. The summed E-state index contributed by atoms with van der Waals surface area (Å²) in [5.41, 5.74) is 8.90. The van der Waals surface area contributed by atoms with E-state index in [4.69, 9.17) is 10.5 Å². The molecule has 0 aliphatic carbocycles. The van der Waals surface area contributed by atoms with Gasteiger partial charge in [0.1, 0.15) is 0 Å². The molecule has 22 heavy (non-hydrogen) atoms. The lowest BCUT2D eigenvalue weighted by Crippen LogP contribution is -2.22. The van der Waals surface area contributed by atoms with E-state index in [-0.39, 0.29) is 18.1 Å². The second kappa shape index (κ2) is 6.76. The summed E-state index contributed by atoms with van der Waals surface area (Å²) < 4.78 is 4.99. The zero-order chi connectivity index (χ0) is 16.1. The van der Waals surface area contributed by atoms with Gasteiger partial charge in [0.15, 0.2) is 6.61 Å². The van der Waals surface area contributed by atoms with E-state index in [0.717, 1.165) is 16.8 Å². The van der Waals surface area contributed by atoms with Crippen molar-refractivity contribution in [3.8, 4) is 0 Å². The number of benzene rings is 2. The number of carbonyl (C=O) groups excluding carboxylic acids is 2. The molecule has 0 atom stereocenters. The predicted molar refractivity (Wildman–Crippen MR) is 85.7 cm³/mol. The van der Waals surface area contributed by atoms with Gasteiger partial charge in [0.05, 0.1) is 5.56 Å². The minimum absolute atomic E-state index is 0.252. The summed E-state index contributed by atoms with van der Waals surface area (Å²) in [7, 11) is 0. The van der Waals surface area contributed by atoms with Gasteiger partial charge in [-0.3, -0.25) is 4.79 Å². The second-order valence-electron chi connectivity index (χ2n) is 4.98. The van der Waals surface area contributed by atoms with Gasteiger partial charge in [0.2, 0.25) is 0 Å². The molecule has 1 amide bonds. The smallest absolute Gasteiger partial charge is 0.340 e. The van der Waals surface area contributed by atoms with Crippen molar-refractivity contribution in [3.63, 3.8) is 0 Å². The molecule has 0 bridgehead atoms. The number of hydrogen-bond donors (Lipinski definition) is 2. The van der Waals surface area contributed by atoms with Gasteiger partial charge in [-0.25, -0.2) is 4.79 Å². The zero-order valence-electron chi connectivity index (χ0n) is 12.6. The number of hydrogen-bond acceptors (Lipinski definition) is 4. The number of anilines is 2. The Hall–Kier alpha value is -2.82. The normalized spacial score (nSPS) is 10.1. The summed E-state index contributed by atoms with van der Waals surface area (Å²) in [6.07, 6.45) is 0. The quantitative estimate of drug-likeness (QED) is 0.671. The summed E-state index contributed by atoms with van der Waals surface area (Å²) in [6.45, 7) is 3.44.